The highest BCUT2D eigenvalue weighted by atomic mass is 16.5. The fourth-order valence-corrected chi connectivity index (χ4v) is 2.15. The minimum absolute atomic E-state index is 0.0210. The van der Waals surface area contributed by atoms with Crippen LogP contribution in [0, 0.1) is 22.7 Å². The van der Waals surface area contributed by atoms with E-state index in [1.165, 1.54) is 0 Å². The average Bonchev–Trinajstić information content (AvgIpc) is 2.59. The van der Waals surface area contributed by atoms with Crippen LogP contribution in [0.1, 0.15) is 10.4 Å². The van der Waals surface area contributed by atoms with Gasteiger partial charge >= 0.3 is 0 Å². The standard InChI is InChI=1S/C16H14N4O3/c17-8-11-13(14(22)10-4-2-1-3-5-10)12(9-18)16(20-15(11)19)23-7-6-21/h1-5,15,20-21H,6-7,19H2. The van der Waals surface area contributed by atoms with Crippen LogP contribution in [0.25, 0.3) is 0 Å². The minimum Gasteiger partial charge on any atom is -0.476 e. The number of nitrogens with one attached hydrogen (secondary N) is 1. The van der Waals surface area contributed by atoms with Crippen LogP contribution >= 0.6 is 0 Å². The summed E-state index contributed by atoms with van der Waals surface area (Å²) in [5.41, 5.74) is 5.95. The highest BCUT2D eigenvalue weighted by molar-refractivity contribution is 6.13. The molecule has 1 aromatic rings. The summed E-state index contributed by atoms with van der Waals surface area (Å²) in [7, 11) is 0. The second-order valence-electron chi connectivity index (χ2n) is 4.61. The second kappa shape index (κ2) is 7.23. The number of aliphatic hydroxyl groups is 1. The van der Waals surface area contributed by atoms with E-state index in [1.54, 1.807) is 30.3 Å². The molecule has 0 amide bonds. The van der Waals surface area contributed by atoms with Crippen molar-refractivity contribution in [1.82, 2.24) is 5.32 Å². The van der Waals surface area contributed by atoms with Gasteiger partial charge in [-0.1, -0.05) is 30.3 Å². The Morgan fingerprint density at radius 1 is 1.30 bits per heavy atom. The quantitative estimate of drug-likeness (QED) is 0.667. The predicted molar refractivity (Wildman–Crippen MR) is 80.2 cm³/mol. The third-order valence-corrected chi connectivity index (χ3v) is 3.18. The predicted octanol–water partition coefficient (Wildman–Crippen LogP) is 0.322. The van der Waals surface area contributed by atoms with Crippen LogP contribution in [0.4, 0.5) is 0 Å². The van der Waals surface area contributed by atoms with Gasteiger partial charge in [0, 0.05) is 5.56 Å². The number of benzene rings is 1. The van der Waals surface area contributed by atoms with E-state index >= 15 is 0 Å². The zero-order valence-corrected chi connectivity index (χ0v) is 12.1. The van der Waals surface area contributed by atoms with Crippen molar-refractivity contribution >= 4 is 5.78 Å². The summed E-state index contributed by atoms with van der Waals surface area (Å²) in [6.07, 6.45) is -0.978. The smallest absolute Gasteiger partial charge is 0.207 e. The third kappa shape index (κ3) is 3.22. The summed E-state index contributed by atoms with van der Waals surface area (Å²) in [5, 5.41) is 30.2. The van der Waals surface area contributed by atoms with Crippen LogP contribution in [0.5, 0.6) is 0 Å². The number of allylic oxidation sites excluding steroid dienone is 2. The molecule has 1 atom stereocenters. The van der Waals surface area contributed by atoms with Gasteiger partial charge in [-0.2, -0.15) is 10.5 Å². The van der Waals surface area contributed by atoms with Gasteiger partial charge in [0.25, 0.3) is 0 Å². The Balaban J connectivity index is 2.58. The Morgan fingerprint density at radius 3 is 2.57 bits per heavy atom. The first-order valence-electron chi connectivity index (χ1n) is 6.78. The van der Waals surface area contributed by atoms with Crippen molar-refractivity contribution < 1.29 is 14.6 Å². The Morgan fingerprint density at radius 2 is 2.00 bits per heavy atom. The SMILES string of the molecule is N#CC1=C(OCCO)NC(N)C(C#N)=C1C(=O)c1ccccc1. The van der Waals surface area contributed by atoms with Crippen LogP contribution in [-0.4, -0.2) is 30.3 Å². The number of ketones is 1. The number of ether oxygens (including phenoxy) is 1. The van der Waals surface area contributed by atoms with E-state index in [0.29, 0.717) is 5.56 Å². The van der Waals surface area contributed by atoms with Gasteiger partial charge in [0.1, 0.15) is 24.4 Å². The number of Topliss-reactive ketones (excluding diaryl/α,β-unsaturated/α-hetero) is 1. The summed E-state index contributed by atoms with van der Waals surface area (Å²) in [5.74, 6) is -0.506. The molecule has 7 nitrogen and oxygen atoms in total. The molecule has 116 valence electrons. The fraction of sp³-hybridized carbons (Fsp3) is 0.188. The van der Waals surface area contributed by atoms with Gasteiger partial charge < -0.3 is 20.9 Å². The van der Waals surface area contributed by atoms with Crippen molar-refractivity contribution in [1.29, 1.82) is 10.5 Å². The number of nitrogens with two attached hydrogens (primary N) is 1. The Bertz CT molecular complexity index is 754. The monoisotopic (exact) mass is 310 g/mol. The van der Waals surface area contributed by atoms with Crippen LogP contribution in [0.2, 0.25) is 0 Å². The number of nitriles is 2. The number of hydrogen-bond acceptors (Lipinski definition) is 7. The van der Waals surface area contributed by atoms with Gasteiger partial charge in [0.05, 0.1) is 23.8 Å². The second-order valence-corrected chi connectivity index (χ2v) is 4.61. The molecule has 23 heavy (non-hydrogen) atoms. The highest BCUT2D eigenvalue weighted by Gasteiger charge is 2.32. The molecule has 0 aliphatic carbocycles. The summed E-state index contributed by atoms with van der Waals surface area (Å²) in [4.78, 5) is 12.7. The summed E-state index contributed by atoms with van der Waals surface area (Å²) < 4.78 is 5.24. The molecule has 2 rings (SSSR count). The number of nitrogens with zero attached hydrogens (tertiary/aromatic N) is 2. The van der Waals surface area contributed by atoms with Crippen molar-refractivity contribution in [3.63, 3.8) is 0 Å². The van der Waals surface area contributed by atoms with Crippen LogP contribution < -0.4 is 11.1 Å². The van der Waals surface area contributed by atoms with Gasteiger partial charge in [-0.25, -0.2) is 0 Å². The molecule has 7 heteroatoms. The fourth-order valence-electron chi connectivity index (χ4n) is 2.15. The molecule has 0 spiro atoms. The maximum Gasteiger partial charge on any atom is 0.207 e. The zero-order chi connectivity index (χ0) is 16.8. The molecule has 1 aliphatic rings. The van der Waals surface area contributed by atoms with Crippen molar-refractivity contribution in [2.75, 3.05) is 13.2 Å². The maximum atomic E-state index is 12.7. The topological polar surface area (TPSA) is 132 Å². The van der Waals surface area contributed by atoms with Crippen molar-refractivity contribution in [2.45, 2.75) is 6.17 Å². The molecule has 0 bridgehead atoms. The molecule has 1 heterocycles. The van der Waals surface area contributed by atoms with Gasteiger partial charge in [-0.05, 0) is 0 Å². The first kappa shape index (κ1) is 16.2. The van der Waals surface area contributed by atoms with E-state index in [9.17, 15) is 15.3 Å². The molecule has 1 aliphatic heterocycles. The summed E-state index contributed by atoms with van der Waals surface area (Å²) in [6, 6.07) is 12.0. The third-order valence-electron chi connectivity index (χ3n) is 3.18. The van der Waals surface area contributed by atoms with E-state index in [4.69, 9.17) is 15.6 Å². The first-order valence-corrected chi connectivity index (χ1v) is 6.78. The largest absolute Gasteiger partial charge is 0.476 e. The summed E-state index contributed by atoms with van der Waals surface area (Å²) >= 11 is 0. The minimum atomic E-state index is -0.978. The van der Waals surface area contributed by atoms with E-state index in [-0.39, 0.29) is 35.8 Å². The lowest BCUT2D eigenvalue weighted by Gasteiger charge is -2.25. The van der Waals surface area contributed by atoms with Gasteiger partial charge in [-0.3, -0.25) is 4.79 Å². The Kier molecular flexibility index (Phi) is 5.11. The van der Waals surface area contributed by atoms with E-state index in [2.05, 4.69) is 5.32 Å². The van der Waals surface area contributed by atoms with Crippen molar-refractivity contribution in [3.8, 4) is 12.1 Å². The molecule has 1 aromatic carbocycles. The highest BCUT2D eigenvalue weighted by Crippen LogP contribution is 2.27. The average molecular weight is 310 g/mol. The van der Waals surface area contributed by atoms with Crippen LogP contribution in [0.15, 0.2) is 52.9 Å². The molecule has 0 aromatic heterocycles. The lowest BCUT2D eigenvalue weighted by atomic mass is 9.90. The summed E-state index contributed by atoms with van der Waals surface area (Å²) in [6.45, 7) is -0.342. The number of aliphatic hydroxyl groups excluding tert-OH is 1. The van der Waals surface area contributed by atoms with Crippen LogP contribution in [-0.2, 0) is 4.74 Å². The molecule has 1 unspecified atom stereocenters. The van der Waals surface area contributed by atoms with Crippen molar-refractivity contribution in [2.24, 2.45) is 5.73 Å². The lowest BCUT2D eigenvalue weighted by molar-refractivity contribution is 0.102. The van der Waals surface area contributed by atoms with Crippen molar-refractivity contribution in [3.05, 3.63) is 58.5 Å². The molecule has 0 fully saturated rings. The number of hydrogen-bond donors (Lipinski definition) is 3. The molecular weight excluding hydrogens is 296 g/mol. The van der Waals surface area contributed by atoms with Gasteiger partial charge in [0.2, 0.25) is 5.88 Å². The Labute approximate surface area is 132 Å². The van der Waals surface area contributed by atoms with E-state index < -0.39 is 11.9 Å². The van der Waals surface area contributed by atoms with Gasteiger partial charge in [0.15, 0.2) is 5.78 Å². The van der Waals surface area contributed by atoms with Crippen LogP contribution in [0.3, 0.4) is 0 Å². The number of rotatable bonds is 5. The number of carbonyl (C=O) groups excluding carboxylic acids is 1. The van der Waals surface area contributed by atoms with E-state index in [1.807, 2.05) is 12.1 Å². The molecule has 0 saturated carbocycles. The molecule has 0 radical (unpaired) electrons. The lowest BCUT2D eigenvalue weighted by Crippen LogP contribution is -2.44. The normalized spacial score (nSPS) is 17.1. The molecule has 4 N–H and O–H groups in total. The number of carbonyl (C=O) groups is 1. The Hall–Kier alpha value is -3.13. The maximum absolute atomic E-state index is 12.7. The van der Waals surface area contributed by atoms with E-state index in [0.717, 1.165) is 0 Å². The number of dihydropyridines is 1. The zero-order valence-electron chi connectivity index (χ0n) is 12.1. The van der Waals surface area contributed by atoms with Gasteiger partial charge in [-0.15, -0.1) is 0 Å². The molecular formula is C16H14N4O3. The molecule has 0 saturated heterocycles. The first-order chi connectivity index (χ1) is 11.1.